The minimum absolute atomic E-state index is 0.0523. The van der Waals surface area contributed by atoms with E-state index in [0.29, 0.717) is 11.8 Å². The van der Waals surface area contributed by atoms with Gasteiger partial charge in [0.1, 0.15) is 0 Å². The Morgan fingerprint density at radius 3 is 2.33 bits per heavy atom. The summed E-state index contributed by atoms with van der Waals surface area (Å²) in [5, 5.41) is 10.2. The zero-order chi connectivity index (χ0) is 18.4. The predicted molar refractivity (Wildman–Crippen MR) is 105 cm³/mol. The molecule has 0 radical (unpaired) electrons. The van der Waals surface area contributed by atoms with Gasteiger partial charge in [-0.15, -0.1) is 0 Å². The molecule has 0 aromatic heterocycles. The third-order valence-corrected chi connectivity index (χ3v) is 7.91. The van der Waals surface area contributed by atoms with Crippen molar-refractivity contribution >= 4 is 5.91 Å². The Morgan fingerprint density at radius 1 is 1.04 bits per heavy atom. The molecule has 2 aliphatic heterocycles. The summed E-state index contributed by atoms with van der Waals surface area (Å²) in [7, 11) is 0. The molecule has 0 unspecified atom stereocenters. The molecule has 1 N–H and O–H groups in total. The van der Waals surface area contributed by atoms with Crippen LogP contribution in [0.1, 0.15) is 56.4 Å². The average molecular weight is 369 g/mol. The molecule has 0 bridgehead atoms. The zero-order valence-electron chi connectivity index (χ0n) is 16.2. The molecule has 4 fully saturated rings. The molecule has 1 spiro atoms. The summed E-state index contributed by atoms with van der Waals surface area (Å²) in [6.45, 7) is 3.01. The van der Waals surface area contributed by atoms with Crippen molar-refractivity contribution in [1.29, 1.82) is 0 Å². The fraction of sp³-hybridized carbons (Fsp3) is 0.696. The summed E-state index contributed by atoms with van der Waals surface area (Å²) in [6.07, 6.45) is 8.72. The summed E-state index contributed by atoms with van der Waals surface area (Å²) in [5.41, 5.74) is 1.38. The van der Waals surface area contributed by atoms with Crippen molar-refractivity contribution in [2.75, 3.05) is 26.2 Å². The molecule has 2 aliphatic carbocycles. The molecule has 27 heavy (non-hydrogen) atoms. The lowest BCUT2D eigenvalue weighted by molar-refractivity contribution is -0.202. The number of hydrogen-bond donors (Lipinski definition) is 1. The first kappa shape index (κ1) is 17.7. The van der Waals surface area contributed by atoms with Gasteiger partial charge in [-0.1, -0.05) is 49.6 Å². The van der Waals surface area contributed by atoms with Gasteiger partial charge in [0, 0.05) is 37.5 Å². The standard InChI is InChI=1S/C23H32N2O2/c26-14-20-21(18-9-2-1-3-10-18)23(25(20)13-17-7-4-5-8-17)15-24(16-23)22(27)19-11-6-12-19/h1-3,9-10,17,19-21,26H,4-8,11-16H2/t20-,21+/m0/s1. The first-order valence-electron chi connectivity index (χ1n) is 10.9. The van der Waals surface area contributed by atoms with Gasteiger partial charge in [-0.3, -0.25) is 9.69 Å². The number of aliphatic hydroxyl groups excluding tert-OH is 1. The van der Waals surface area contributed by atoms with Crippen molar-refractivity contribution in [2.45, 2.75) is 62.4 Å². The highest BCUT2D eigenvalue weighted by molar-refractivity contribution is 5.81. The van der Waals surface area contributed by atoms with E-state index >= 15 is 0 Å². The van der Waals surface area contributed by atoms with Crippen molar-refractivity contribution < 1.29 is 9.90 Å². The summed E-state index contributed by atoms with van der Waals surface area (Å²) in [5.74, 6) is 1.78. The molecule has 2 saturated heterocycles. The largest absolute Gasteiger partial charge is 0.395 e. The molecule has 2 atom stereocenters. The van der Waals surface area contributed by atoms with Gasteiger partial charge in [-0.25, -0.2) is 0 Å². The van der Waals surface area contributed by atoms with E-state index in [0.717, 1.165) is 38.4 Å². The van der Waals surface area contributed by atoms with Crippen molar-refractivity contribution in [1.82, 2.24) is 9.80 Å². The quantitative estimate of drug-likeness (QED) is 0.869. The molecule has 146 valence electrons. The summed E-state index contributed by atoms with van der Waals surface area (Å²) < 4.78 is 0. The van der Waals surface area contributed by atoms with E-state index in [1.54, 1.807) is 0 Å². The number of rotatable bonds is 5. The molecule has 1 amide bonds. The number of aliphatic hydroxyl groups is 1. The second kappa shape index (κ2) is 6.89. The minimum atomic E-state index is 0.0523. The van der Waals surface area contributed by atoms with Crippen LogP contribution >= 0.6 is 0 Å². The van der Waals surface area contributed by atoms with E-state index in [1.807, 2.05) is 0 Å². The summed E-state index contributed by atoms with van der Waals surface area (Å²) in [6, 6.07) is 10.9. The lowest BCUT2D eigenvalue weighted by atomic mass is 9.60. The predicted octanol–water partition coefficient (Wildman–Crippen LogP) is 3.02. The van der Waals surface area contributed by atoms with Gasteiger partial charge in [0.05, 0.1) is 12.1 Å². The number of carbonyl (C=O) groups excluding carboxylic acids is 1. The number of nitrogens with zero attached hydrogens (tertiary/aromatic N) is 2. The van der Waals surface area contributed by atoms with Crippen LogP contribution < -0.4 is 0 Å². The molecule has 2 heterocycles. The van der Waals surface area contributed by atoms with Gasteiger partial charge in [0.25, 0.3) is 0 Å². The molecular weight excluding hydrogens is 336 g/mol. The monoisotopic (exact) mass is 368 g/mol. The Labute approximate surface area is 162 Å². The van der Waals surface area contributed by atoms with Crippen LogP contribution in [0, 0.1) is 11.8 Å². The Balaban J connectivity index is 1.38. The van der Waals surface area contributed by atoms with E-state index in [1.165, 1.54) is 37.7 Å². The van der Waals surface area contributed by atoms with Gasteiger partial charge in [-0.05, 0) is 37.2 Å². The maximum atomic E-state index is 12.7. The van der Waals surface area contributed by atoms with Gasteiger partial charge >= 0.3 is 0 Å². The van der Waals surface area contributed by atoms with Crippen LogP contribution in [0.25, 0.3) is 0 Å². The molecule has 2 saturated carbocycles. The van der Waals surface area contributed by atoms with Gasteiger partial charge in [0.2, 0.25) is 5.91 Å². The van der Waals surface area contributed by atoms with Gasteiger partial charge in [0.15, 0.2) is 0 Å². The first-order valence-corrected chi connectivity index (χ1v) is 10.9. The SMILES string of the molecule is O=C(C1CCC1)N1CC2(C1)[C@H](c1ccccc1)[C@H](CO)N2CC1CCCC1. The molecule has 5 rings (SSSR count). The highest BCUT2D eigenvalue weighted by atomic mass is 16.3. The van der Waals surface area contributed by atoms with Crippen molar-refractivity contribution in [2.24, 2.45) is 11.8 Å². The maximum absolute atomic E-state index is 12.7. The number of hydrogen-bond acceptors (Lipinski definition) is 3. The van der Waals surface area contributed by atoms with E-state index in [2.05, 4.69) is 40.1 Å². The van der Waals surface area contributed by atoms with Crippen LogP contribution in [0.15, 0.2) is 30.3 Å². The highest BCUT2D eigenvalue weighted by Gasteiger charge is 2.66. The van der Waals surface area contributed by atoms with Gasteiger partial charge in [-0.2, -0.15) is 0 Å². The molecule has 1 aromatic rings. The van der Waals surface area contributed by atoms with Crippen molar-refractivity contribution in [3.63, 3.8) is 0 Å². The van der Waals surface area contributed by atoms with Crippen molar-refractivity contribution in [3.05, 3.63) is 35.9 Å². The Bertz CT molecular complexity index is 675. The van der Waals surface area contributed by atoms with Crippen LogP contribution in [0.4, 0.5) is 0 Å². The lowest BCUT2D eigenvalue weighted by Gasteiger charge is -2.71. The molecule has 4 heteroatoms. The molecule has 4 aliphatic rings. The average Bonchev–Trinajstić information content (AvgIpc) is 3.10. The van der Waals surface area contributed by atoms with E-state index < -0.39 is 0 Å². The van der Waals surface area contributed by atoms with Crippen LogP contribution in [0.5, 0.6) is 0 Å². The van der Waals surface area contributed by atoms with Crippen LogP contribution in [-0.2, 0) is 4.79 Å². The van der Waals surface area contributed by atoms with E-state index in [-0.39, 0.29) is 24.1 Å². The van der Waals surface area contributed by atoms with Crippen LogP contribution in [0.3, 0.4) is 0 Å². The molecule has 4 nitrogen and oxygen atoms in total. The van der Waals surface area contributed by atoms with Gasteiger partial charge < -0.3 is 10.0 Å². The minimum Gasteiger partial charge on any atom is -0.395 e. The summed E-state index contributed by atoms with van der Waals surface area (Å²) in [4.78, 5) is 17.4. The molecular formula is C23H32N2O2. The van der Waals surface area contributed by atoms with E-state index in [4.69, 9.17) is 0 Å². The number of benzene rings is 1. The number of carbonyl (C=O) groups is 1. The second-order valence-electron chi connectivity index (χ2n) is 9.37. The molecule has 1 aromatic carbocycles. The Kier molecular flexibility index (Phi) is 4.52. The number of likely N-dealkylation sites (tertiary alicyclic amines) is 2. The maximum Gasteiger partial charge on any atom is 0.225 e. The lowest BCUT2D eigenvalue weighted by Crippen LogP contribution is -2.85. The normalized spacial score (nSPS) is 30.8. The fourth-order valence-electron chi connectivity index (χ4n) is 6.21. The smallest absolute Gasteiger partial charge is 0.225 e. The Morgan fingerprint density at radius 2 is 1.74 bits per heavy atom. The number of amides is 1. The van der Waals surface area contributed by atoms with E-state index in [9.17, 15) is 9.90 Å². The zero-order valence-corrected chi connectivity index (χ0v) is 16.2. The first-order chi connectivity index (χ1) is 13.2. The highest BCUT2D eigenvalue weighted by Crippen LogP contribution is 2.55. The second-order valence-corrected chi connectivity index (χ2v) is 9.37. The topological polar surface area (TPSA) is 43.8 Å². The fourth-order valence-corrected chi connectivity index (χ4v) is 6.21. The van der Waals surface area contributed by atoms with Crippen LogP contribution in [0.2, 0.25) is 0 Å². The third-order valence-electron chi connectivity index (χ3n) is 7.91. The van der Waals surface area contributed by atoms with Crippen molar-refractivity contribution in [3.8, 4) is 0 Å². The summed E-state index contributed by atoms with van der Waals surface area (Å²) >= 11 is 0. The van der Waals surface area contributed by atoms with Crippen LogP contribution in [-0.4, -0.2) is 58.6 Å². The Hall–Kier alpha value is -1.39. The third kappa shape index (κ3) is 2.75.